The Bertz CT molecular complexity index is 261. The van der Waals surface area contributed by atoms with Crippen molar-refractivity contribution in [3.8, 4) is 0 Å². The van der Waals surface area contributed by atoms with E-state index in [0.29, 0.717) is 12.3 Å². The average Bonchev–Trinajstić information content (AvgIpc) is 2.59. The molecule has 144 valence electrons. The fraction of sp³-hybridized carbons (Fsp3) is 0.955. The first-order valence-electron chi connectivity index (χ1n) is 11.0. The second-order valence-corrected chi connectivity index (χ2v) is 7.51. The maximum atomic E-state index is 11.9. The van der Waals surface area contributed by atoms with Gasteiger partial charge in [-0.1, -0.05) is 104 Å². The van der Waals surface area contributed by atoms with Gasteiger partial charge in [0.1, 0.15) is 5.78 Å². The highest BCUT2D eigenvalue weighted by molar-refractivity contribution is 5.81. The molecule has 0 saturated carbocycles. The predicted molar refractivity (Wildman–Crippen MR) is 107 cm³/mol. The first kappa shape index (κ1) is 23.6. The lowest BCUT2D eigenvalue weighted by Gasteiger charge is -2.10. The van der Waals surface area contributed by atoms with Crippen LogP contribution in [0.1, 0.15) is 123 Å². The molecule has 0 fully saturated rings. The van der Waals surface area contributed by atoms with Gasteiger partial charge in [-0.25, -0.2) is 0 Å². The van der Waals surface area contributed by atoms with Crippen LogP contribution in [-0.4, -0.2) is 12.3 Å². The van der Waals surface area contributed by atoms with E-state index in [2.05, 4.69) is 13.8 Å². The van der Waals surface area contributed by atoms with Crippen LogP contribution in [0.25, 0.3) is 0 Å². The Morgan fingerprint density at radius 2 is 1.04 bits per heavy atom. The van der Waals surface area contributed by atoms with E-state index in [1.54, 1.807) is 0 Å². The van der Waals surface area contributed by atoms with E-state index < -0.39 is 0 Å². The molecule has 0 bridgehead atoms. The number of nitrogens with two attached hydrogens (primary N) is 1. The van der Waals surface area contributed by atoms with Crippen LogP contribution in [0.3, 0.4) is 0 Å². The van der Waals surface area contributed by atoms with Crippen molar-refractivity contribution in [1.29, 1.82) is 0 Å². The number of carbonyl (C=O) groups excluding carboxylic acids is 1. The number of carbonyl (C=O) groups is 1. The third-order valence-electron chi connectivity index (χ3n) is 5.26. The van der Waals surface area contributed by atoms with Gasteiger partial charge in [0.2, 0.25) is 0 Å². The van der Waals surface area contributed by atoms with Gasteiger partial charge in [-0.05, 0) is 12.8 Å². The van der Waals surface area contributed by atoms with Crippen LogP contribution in [0, 0.1) is 5.92 Å². The van der Waals surface area contributed by atoms with Crippen LogP contribution in [0.4, 0.5) is 0 Å². The molecule has 2 heteroatoms. The minimum absolute atomic E-state index is 0.108. The Morgan fingerprint density at radius 1 is 0.667 bits per heavy atom. The van der Waals surface area contributed by atoms with Crippen molar-refractivity contribution in [2.75, 3.05) is 6.54 Å². The smallest absolute Gasteiger partial charge is 0.137 e. The largest absolute Gasteiger partial charge is 0.330 e. The van der Waals surface area contributed by atoms with Crippen LogP contribution in [-0.2, 0) is 4.79 Å². The Balaban J connectivity index is 3.16. The highest BCUT2D eigenvalue weighted by Crippen LogP contribution is 2.14. The van der Waals surface area contributed by atoms with E-state index in [0.717, 1.165) is 19.3 Å². The van der Waals surface area contributed by atoms with Crippen LogP contribution in [0.5, 0.6) is 0 Å². The lowest BCUT2D eigenvalue weighted by Crippen LogP contribution is -2.22. The quantitative estimate of drug-likeness (QED) is 0.263. The summed E-state index contributed by atoms with van der Waals surface area (Å²) in [7, 11) is 0. The summed E-state index contributed by atoms with van der Waals surface area (Å²) >= 11 is 0. The lowest BCUT2D eigenvalue weighted by molar-refractivity contribution is -0.122. The molecule has 0 saturated heterocycles. The molecule has 0 aliphatic carbocycles. The Hall–Kier alpha value is -0.370. The van der Waals surface area contributed by atoms with Crippen LogP contribution in [0.15, 0.2) is 0 Å². The predicted octanol–water partition coefficient (Wildman–Crippen LogP) is 6.80. The first-order chi connectivity index (χ1) is 11.8. The highest BCUT2D eigenvalue weighted by atomic mass is 16.1. The summed E-state index contributed by atoms with van der Waals surface area (Å²) in [6.07, 6.45) is 22.2. The van der Waals surface area contributed by atoms with E-state index >= 15 is 0 Å². The minimum atomic E-state index is 0.108. The molecule has 0 amide bonds. The van der Waals surface area contributed by atoms with Gasteiger partial charge < -0.3 is 5.73 Å². The zero-order chi connectivity index (χ0) is 17.9. The summed E-state index contributed by atoms with van der Waals surface area (Å²) in [4.78, 5) is 11.9. The molecule has 0 heterocycles. The summed E-state index contributed by atoms with van der Waals surface area (Å²) < 4.78 is 0. The highest BCUT2D eigenvalue weighted by Gasteiger charge is 2.13. The number of ketones is 1. The molecule has 2 N–H and O–H groups in total. The molecule has 0 radical (unpaired) electrons. The lowest BCUT2D eigenvalue weighted by atomic mass is 9.96. The SMILES string of the molecule is CCCCCCCCCCCCCCCCCC(=O)C(CC)CN. The van der Waals surface area contributed by atoms with Crippen LogP contribution >= 0.6 is 0 Å². The summed E-state index contributed by atoms with van der Waals surface area (Å²) in [6.45, 7) is 4.86. The van der Waals surface area contributed by atoms with Gasteiger partial charge in [0.25, 0.3) is 0 Å². The molecule has 0 aromatic heterocycles. The van der Waals surface area contributed by atoms with Gasteiger partial charge in [0.15, 0.2) is 0 Å². The summed E-state index contributed by atoms with van der Waals surface area (Å²) in [5, 5.41) is 0. The minimum Gasteiger partial charge on any atom is -0.330 e. The average molecular weight is 340 g/mol. The molecule has 1 atom stereocenters. The zero-order valence-electron chi connectivity index (χ0n) is 16.8. The third kappa shape index (κ3) is 15.2. The van der Waals surface area contributed by atoms with E-state index in [9.17, 15) is 4.79 Å². The van der Waals surface area contributed by atoms with Gasteiger partial charge in [-0.2, -0.15) is 0 Å². The van der Waals surface area contributed by atoms with Gasteiger partial charge in [0, 0.05) is 18.9 Å². The van der Waals surface area contributed by atoms with Crippen molar-refractivity contribution < 1.29 is 4.79 Å². The maximum Gasteiger partial charge on any atom is 0.137 e. The molecule has 0 spiro atoms. The molecular weight excluding hydrogens is 294 g/mol. The van der Waals surface area contributed by atoms with E-state index in [1.807, 2.05) is 0 Å². The number of hydrogen-bond acceptors (Lipinski definition) is 2. The fourth-order valence-corrected chi connectivity index (χ4v) is 3.40. The summed E-state index contributed by atoms with van der Waals surface area (Å²) in [6, 6.07) is 0. The van der Waals surface area contributed by atoms with E-state index in [-0.39, 0.29) is 5.92 Å². The monoisotopic (exact) mass is 339 g/mol. The molecule has 2 nitrogen and oxygen atoms in total. The zero-order valence-corrected chi connectivity index (χ0v) is 16.8. The number of Topliss-reactive ketones (excluding diaryl/α,β-unsaturated/α-hetero) is 1. The Kier molecular flexibility index (Phi) is 18.7. The van der Waals surface area contributed by atoms with Crippen molar-refractivity contribution in [2.45, 2.75) is 123 Å². The summed E-state index contributed by atoms with van der Waals surface area (Å²) in [5.41, 5.74) is 5.62. The Morgan fingerprint density at radius 3 is 1.38 bits per heavy atom. The molecule has 0 rings (SSSR count). The van der Waals surface area contributed by atoms with Crippen molar-refractivity contribution in [3.63, 3.8) is 0 Å². The number of hydrogen-bond donors (Lipinski definition) is 1. The topological polar surface area (TPSA) is 43.1 Å². The number of unbranched alkanes of at least 4 members (excludes halogenated alkanes) is 14. The molecule has 24 heavy (non-hydrogen) atoms. The van der Waals surface area contributed by atoms with Crippen LogP contribution in [0.2, 0.25) is 0 Å². The van der Waals surface area contributed by atoms with Crippen molar-refractivity contribution >= 4 is 5.78 Å². The third-order valence-corrected chi connectivity index (χ3v) is 5.26. The maximum absolute atomic E-state index is 11.9. The van der Waals surface area contributed by atoms with Gasteiger partial charge >= 0.3 is 0 Å². The molecule has 0 aliphatic rings. The Labute approximate surface area is 152 Å². The normalized spacial score (nSPS) is 12.5. The van der Waals surface area contributed by atoms with Gasteiger partial charge in [-0.15, -0.1) is 0 Å². The summed E-state index contributed by atoms with van der Waals surface area (Å²) in [5.74, 6) is 0.492. The van der Waals surface area contributed by atoms with Crippen molar-refractivity contribution in [2.24, 2.45) is 11.7 Å². The molecule has 0 aromatic carbocycles. The molecule has 1 unspecified atom stereocenters. The van der Waals surface area contributed by atoms with Crippen molar-refractivity contribution in [1.82, 2.24) is 0 Å². The van der Waals surface area contributed by atoms with Crippen molar-refractivity contribution in [3.05, 3.63) is 0 Å². The fourth-order valence-electron chi connectivity index (χ4n) is 3.40. The molecule has 0 aliphatic heterocycles. The van der Waals surface area contributed by atoms with Gasteiger partial charge in [0.05, 0.1) is 0 Å². The van der Waals surface area contributed by atoms with E-state index in [4.69, 9.17) is 5.73 Å². The van der Waals surface area contributed by atoms with Gasteiger partial charge in [-0.3, -0.25) is 4.79 Å². The second-order valence-electron chi connectivity index (χ2n) is 7.51. The first-order valence-corrected chi connectivity index (χ1v) is 11.0. The molecule has 0 aromatic rings. The second kappa shape index (κ2) is 19.0. The standard InChI is InChI=1S/C22H45NO/c1-3-5-6-7-8-9-10-11-12-13-14-15-16-17-18-19-22(24)21(4-2)20-23/h21H,3-20,23H2,1-2H3. The van der Waals surface area contributed by atoms with Crippen LogP contribution < -0.4 is 5.73 Å². The molecular formula is C22H45NO. The van der Waals surface area contributed by atoms with E-state index in [1.165, 1.54) is 89.9 Å². The number of rotatable bonds is 19.